The molecule has 0 saturated carbocycles. The molecule has 2 rings (SSSR count). The number of ether oxygens (including phenoxy) is 2. The predicted octanol–water partition coefficient (Wildman–Crippen LogP) is 1.50. The molecule has 1 aromatic rings. The first kappa shape index (κ1) is 14.5. The van der Waals surface area contributed by atoms with Gasteiger partial charge in [-0.05, 0) is 18.4 Å². The molecule has 0 bridgehead atoms. The third-order valence-electron chi connectivity index (χ3n) is 3.39. The van der Waals surface area contributed by atoms with Crippen molar-refractivity contribution in [2.24, 2.45) is 0 Å². The van der Waals surface area contributed by atoms with Crippen molar-refractivity contribution >= 4 is 0 Å². The summed E-state index contributed by atoms with van der Waals surface area (Å²) in [4.78, 5) is 0. The van der Waals surface area contributed by atoms with E-state index in [0.29, 0.717) is 13.2 Å². The molecule has 1 saturated heterocycles. The zero-order chi connectivity index (χ0) is 13.5. The summed E-state index contributed by atoms with van der Waals surface area (Å²) in [6.07, 6.45) is 2.14. The summed E-state index contributed by atoms with van der Waals surface area (Å²) >= 11 is 0. The van der Waals surface area contributed by atoms with Gasteiger partial charge < -0.3 is 19.9 Å². The third-order valence-corrected chi connectivity index (χ3v) is 3.39. The zero-order valence-electron chi connectivity index (χ0n) is 11.4. The summed E-state index contributed by atoms with van der Waals surface area (Å²) in [6, 6.07) is 10.3. The van der Waals surface area contributed by atoms with Crippen LogP contribution in [0.25, 0.3) is 0 Å². The smallest absolute Gasteiger partial charge is 0.0897 e. The highest BCUT2D eigenvalue weighted by Gasteiger charge is 2.25. The molecule has 4 heteroatoms. The fourth-order valence-corrected chi connectivity index (χ4v) is 2.43. The molecule has 0 unspecified atom stereocenters. The van der Waals surface area contributed by atoms with Crippen molar-refractivity contribution in [3.05, 3.63) is 35.9 Å². The Bertz CT molecular complexity index is 358. The number of hydrogen-bond acceptors (Lipinski definition) is 4. The van der Waals surface area contributed by atoms with Crippen LogP contribution in [0, 0.1) is 0 Å². The van der Waals surface area contributed by atoms with E-state index in [9.17, 15) is 5.11 Å². The molecule has 3 atom stereocenters. The maximum absolute atomic E-state index is 9.52. The Morgan fingerprint density at radius 3 is 2.89 bits per heavy atom. The molecule has 1 aliphatic heterocycles. The number of nitrogens with one attached hydrogen (secondary N) is 1. The first-order valence-electron chi connectivity index (χ1n) is 6.87. The quantitative estimate of drug-likeness (QED) is 0.784. The Morgan fingerprint density at radius 2 is 2.16 bits per heavy atom. The molecule has 1 aromatic carbocycles. The summed E-state index contributed by atoms with van der Waals surface area (Å²) in [5.41, 5.74) is 1.25. The third kappa shape index (κ3) is 4.58. The van der Waals surface area contributed by atoms with Gasteiger partial charge >= 0.3 is 0 Å². The molecule has 4 nitrogen and oxygen atoms in total. The Kier molecular flexibility index (Phi) is 5.79. The highest BCUT2D eigenvalue weighted by Crippen LogP contribution is 2.32. The van der Waals surface area contributed by atoms with Crippen LogP contribution in [-0.4, -0.2) is 44.1 Å². The van der Waals surface area contributed by atoms with Gasteiger partial charge in [-0.3, -0.25) is 0 Å². The molecule has 1 heterocycles. The standard InChI is InChI=1S/C15H23NO3/c1-18-11-13(17)9-16-10-14-7-8-15(19-14)12-5-3-2-4-6-12/h2-6,13-17H,7-11H2,1H3/t13-,14-,15+/m1/s1. The van der Waals surface area contributed by atoms with Crippen LogP contribution >= 0.6 is 0 Å². The van der Waals surface area contributed by atoms with Gasteiger partial charge in [0.25, 0.3) is 0 Å². The van der Waals surface area contributed by atoms with Crippen LogP contribution in [0.2, 0.25) is 0 Å². The Hall–Kier alpha value is -0.940. The largest absolute Gasteiger partial charge is 0.389 e. The second-order valence-corrected chi connectivity index (χ2v) is 5.00. The fraction of sp³-hybridized carbons (Fsp3) is 0.600. The minimum absolute atomic E-state index is 0.219. The summed E-state index contributed by atoms with van der Waals surface area (Å²) in [7, 11) is 1.59. The second-order valence-electron chi connectivity index (χ2n) is 5.00. The molecule has 19 heavy (non-hydrogen) atoms. The van der Waals surface area contributed by atoms with Gasteiger partial charge in [0.15, 0.2) is 0 Å². The molecule has 0 aliphatic carbocycles. The molecular formula is C15H23NO3. The van der Waals surface area contributed by atoms with E-state index < -0.39 is 6.10 Å². The number of aliphatic hydroxyl groups excluding tert-OH is 1. The van der Waals surface area contributed by atoms with E-state index >= 15 is 0 Å². The predicted molar refractivity (Wildman–Crippen MR) is 74.0 cm³/mol. The SMILES string of the molecule is COC[C@H](O)CNC[C@H]1CC[C@@H](c2ccccc2)O1. The number of methoxy groups -OCH3 is 1. The van der Waals surface area contributed by atoms with E-state index in [4.69, 9.17) is 9.47 Å². The van der Waals surface area contributed by atoms with E-state index in [2.05, 4.69) is 17.4 Å². The average molecular weight is 265 g/mol. The van der Waals surface area contributed by atoms with Gasteiger partial charge in [-0.25, -0.2) is 0 Å². The number of hydrogen-bond donors (Lipinski definition) is 2. The number of benzene rings is 1. The van der Waals surface area contributed by atoms with Crippen molar-refractivity contribution in [1.82, 2.24) is 5.32 Å². The van der Waals surface area contributed by atoms with E-state index in [1.165, 1.54) is 5.56 Å². The lowest BCUT2D eigenvalue weighted by Gasteiger charge is -2.16. The highest BCUT2D eigenvalue weighted by molar-refractivity contribution is 5.18. The molecule has 0 aromatic heterocycles. The minimum atomic E-state index is -0.448. The maximum Gasteiger partial charge on any atom is 0.0897 e. The molecule has 2 N–H and O–H groups in total. The van der Waals surface area contributed by atoms with Crippen molar-refractivity contribution < 1.29 is 14.6 Å². The van der Waals surface area contributed by atoms with Gasteiger partial charge in [-0.15, -0.1) is 0 Å². The lowest BCUT2D eigenvalue weighted by molar-refractivity contribution is 0.0367. The summed E-state index contributed by atoms with van der Waals surface area (Å²) < 4.78 is 10.9. The van der Waals surface area contributed by atoms with Crippen LogP contribution in [0.4, 0.5) is 0 Å². The fourth-order valence-electron chi connectivity index (χ4n) is 2.43. The molecule has 0 radical (unpaired) electrons. The van der Waals surface area contributed by atoms with E-state index in [-0.39, 0.29) is 12.2 Å². The zero-order valence-corrected chi connectivity index (χ0v) is 11.4. The molecular weight excluding hydrogens is 242 g/mol. The summed E-state index contributed by atoms with van der Waals surface area (Å²) in [5.74, 6) is 0. The van der Waals surface area contributed by atoms with Crippen LogP contribution < -0.4 is 5.32 Å². The number of rotatable bonds is 7. The topological polar surface area (TPSA) is 50.7 Å². The van der Waals surface area contributed by atoms with E-state index in [0.717, 1.165) is 19.4 Å². The molecule has 0 spiro atoms. The van der Waals surface area contributed by atoms with Crippen molar-refractivity contribution in [2.45, 2.75) is 31.2 Å². The van der Waals surface area contributed by atoms with Crippen LogP contribution in [0.1, 0.15) is 24.5 Å². The minimum Gasteiger partial charge on any atom is -0.389 e. The van der Waals surface area contributed by atoms with Crippen molar-refractivity contribution in [3.63, 3.8) is 0 Å². The molecule has 0 amide bonds. The summed E-state index contributed by atoms with van der Waals surface area (Å²) in [6.45, 7) is 1.69. The van der Waals surface area contributed by atoms with Crippen LogP contribution in [0.3, 0.4) is 0 Å². The Morgan fingerprint density at radius 1 is 1.37 bits per heavy atom. The van der Waals surface area contributed by atoms with Crippen LogP contribution in [0.5, 0.6) is 0 Å². The van der Waals surface area contributed by atoms with Gasteiger partial charge in [-0.2, -0.15) is 0 Å². The Balaban J connectivity index is 1.68. The summed E-state index contributed by atoms with van der Waals surface area (Å²) in [5, 5.41) is 12.8. The lowest BCUT2D eigenvalue weighted by Crippen LogP contribution is -2.34. The van der Waals surface area contributed by atoms with Crippen LogP contribution in [-0.2, 0) is 9.47 Å². The van der Waals surface area contributed by atoms with Crippen molar-refractivity contribution in [2.75, 3.05) is 26.8 Å². The van der Waals surface area contributed by atoms with Gasteiger partial charge in [-0.1, -0.05) is 30.3 Å². The van der Waals surface area contributed by atoms with Gasteiger partial charge in [0.1, 0.15) is 0 Å². The highest BCUT2D eigenvalue weighted by atomic mass is 16.5. The van der Waals surface area contributed by atoms with Crippen molar-refractivity contribution in [1.29, 1.82) is 0 Å². The normalized spacial score (nSPS) is 24.5. The average Bonchev–Trinajstić information content (AvgIpc) is 2.89. The lowest BCUT2D eigenvalue weighted by atomic mass is 10.1. The molecule has 1 aliphatic rings. The molecule has 106 valence electrons. The molecule has 1 fully saturated rings. The van der Waals surface area contributed by atoms with Gasteiger partial charge in [0, 0.05) is 20.2 Å². The van der Waals surface area contributed by atoms with Crippen LogP contribution in [0.15, 0.2) is 30.3 Å². The second kappa shape index (κ2) is 7.60. The van der Waals surface area contributed by atoms with Crippen molar-refractivity contribution in [3.8, 4) is 0 Å². The first-order valence-corrected chi connectivity index (χ1v) is 6.87. The van der Waals surface area contributed by atoms with Gasteiger partial charge in [0.2, 0.25) is 0 Å². The first-order chi connectivity index (χ1) is 9.29. The maximum atomic E-state index is 9.52. The monoisotopic (exact) mass is 265 g/mol. The number of aliphatic hydroxyl groups is 1. The van der Waals surface area contributed by atoms with Gasteiger partial charge in [0.05, 0.1) is 24.9 Å². The Labute approximate surface area is 114 Å². The van der Waals surface area contributed by atoms with E-state index in [1.54, 1.807) is 7.11 Å². The van der Waals surface area contributed by atoms with E-state index in [1.807, 2.05) is 18.2 Å².